The molecule has 2 heterocycles. The van der Waals surface area contributed by atoms with Crippen molar-refractivity contribution in [2.45, 2.75) is 6.18 Å². The van der Waals surface area contributed by atoms with Gasteiger partial charge in [0.1, 0.15) is 0 Å². The van der Waals surface area contributed by atoms with E-state index >= 15 is 0 Å². The van der Waals surface area contributed by atoms with E-state index in [1.54, 1.807) is 0 Å². The van der Waals surface area contributed by atoms with E-state index < -0.39 is 18.0 Å². The average molecular weight is 233 g/mol. The Morgan fingerprint density at radius 3 is 2.44 bits per heavy atom. The van der Waals surface area contributed by atoms with Crippen LogP contribution in [0.1, 0.15) is 5.89 Å². The van der Waals surface area contributed by atoms with Crippen LogP contribution in [-0.2, 0) is 6.18 Å². The van der Waals surface area contributed by atoms with Crippen LogP contribution in [0.4, 0.5) is 17.6 Å². The molecule has 0 bridgehead atoms. The Morgan fingerprint density at radius 2 is 1.94 bits per heavy atom. The molecule has 0 N–H and O–H groups in total. The zero-order valence-corrected chi connectivity index (χ0v) is 7.49. The predicted octanol–water partition coefficient (Wildman–Crippen LogP) is 2.29. The SMILES string of the molecule is Fc1ccc(-c2noc(C(F)(F)F)n2)cn1. The Bertz CT molecular complexity index is 491. The molecule has 0 aliphatic heterocycles. The molecule has 84 valence electrons. The molecule has 0 fully saturated rings. The van der Waals surface area contributed by atoms with E-state index in [0.29, 0.717) is 0 Å². The summed E-state index contributed by atoms with van der Waals surface area (Å²) in [7, 11) is 0. The molecule has 2 aromatic heterocycles. The first-order chi connectivity index (χ1) is 7.47. The molecule has 0 radical (unpaired) electrons. The monoisotopic (exact) mass is 233 g/mol. The summed E-state index contributed by atoms with van der Waals surface area (Å²) in [5.41, 5.74) is 0.139. The molecular formula is C8H3F4N3O. The van der Waals surface area contributed by atoms with Gasteiger partial charge in [-0.05, 0) is 12.1 Å². The van der Waals surface area contributed by atoms with Crippen LogP contribution in [0.25, 0.3) is 11.4 Å². The van der Waals surface area contributed by atoms with Crippen molar-refractivity contribution in [3.63, 3.8) is 0 Å². The standard InChI is InChI=1S/C8H3F4N3O/c9-5-2-1-4(3-13-5)6-14-7(16-15-6)8(10,11)12/h1-3H. The number of nitrogens with zero attached hydrogens (tertiary/aromatic N) is 3. The summed E-state index contributed by atoms with van der Waals surface area (Å²) < 4.78 is 52.8. The fourth-order valence-electron chi connectivity index (χ4n) is 0.964. The minimum absolute atomic E-state index is 0.139. The van der Waals surface area contributed by atoms with Gasteiger partial charge in [-0.25, -0.2) is 4.98 Å². The minimum atomic E-state index is -4.70. The first-order valence-electron chi connectivity index (χ1n) is 3.99. The molecule has 2 rings (SSSR count). The van der Waals surface area contributed by atoms with Gasteiger partial charge >= 0.3 is 12.1 Å². The van der Waals surface area contributed by atoms with Crippen LogP contribution in [0, 0.1) is 5.95 Å². The smallest absolute Gasteiger partial charge is 0.329 e. The lowest BCUT2D eigenvalue weighted by Crippen LogP contribution is -2.04. The maximum absolute atomic E-state index is 12.4. The summed E-state index contributed by atoms with van der Waals surface area (Å²) in [4.78, 5) is 6.37. The van der Waals surface area contributed by atoms with Gasteiger partial charge in [0.2, 0.25) is 11.8 Å². The lowest BCUT2D eigenvalue weighted by Gasteiger charge is -1.96. The molecule has 0 aromatic carbocycles. The van der Waals surface area contributed by atoms with Gasteiger partial charge < -0.3 is 4.52 Å². The van der Waals surface area contributed by atoms with Crippen molar-refractivity contribution in [2.75, 3.05) is 0 Å². The van der Waals surface area contributed by atoms with Crippen LogP contribution < -0.4 is 0 Å². The molecule has 0 spiro atoms. The molecule has 0 aliphatic carbocycles. The van der Waals surface area contributed by atoms with E-state index in [1.165, 1.54) is 6.07 Å². The van der Waals surface area contributed by atoms with Crippen LogP contribution in [0.15, 0.2) is 22.9 Å². The first-order valence-corrected chi connectivity index (χ1v) is 3.99. The van der Waals surface area contributed by atoms with E-state index in [1.807, 2.05) is 0 Å². The number of alkyl halides is 3. The van der Waals surface area contributed by atoms with Crippen molar-refractivity contribution in [1.82, 2.24) is 15.1 Å². The fourth-order valence-corrected chi connectivity index (χ4v) is 0.964. The Hall–Kier alpha value is -1.99. The summed E-state index contributed by atoms with van der Waals surface area (Å²) in [5.74, 6) is -2.49. The molecule has 0 unspecified atom stereocenters. The van der Waals surface area contributed by atoms with Crippen LogP contribution in [0.3, 0.4) is 0 Å². The molecule has 4 nitrogen and oxygen atoms in total. The molecule has 16 heavy (non-hydrogen) atoms. The van der Waals surface area contributed by atoms with Crippen molar-refractivity contribution >= 4 is 0 Å². The molecular weight excluding hydrogens is 230 g/mol. The number of aromatic nitrogens is 3. The number of rotatable bonds is 1. The van der Waals surface area contributed by atoms with Gasteiger partial charge in [0, 0.05) is 11.8 Å². The van der Waals surface area contributed by atoms with Crippen molar-refractivity contribution in [3.05, 3.63) is 30.2 Å². The third kappa shape index (κ3) is 2.00. The van der Waals surface area contributed by atoms with E-state index in [4.69, 9.17) is 0 Å². The zero-order valence-electron chi connectivity index (χ0n) is 7.49. The highest BCUT2D eigenvalue weighted by molar-refractivity contribution is 5.51. The van der Waals surface area contributed by atoms with Crippen molar-refractivity contribution in [1.29, 1.82) is 0 Å². The summed E-state index contributed by atoms with van der Waals surface area (Å²) >= 11 is 0. The normalized spacial score (nSPS) is 11.8. The average Bonchev–Trinajstić information content (AvgIpc) is 2.67. The van der Waals surface area contributed by atoms with Gasteiger partial charge in [-0.3, -0.25) is 0 Å². The zero-order chi connectivity index (χ0) is 11.8. The molecule has 0 atom stereocenters. The Balaban J connectivity index is 2.35. The minimum Gasteiger partial charge on any atom is -0.329 e. The van der Waals surface area contributed by atoms with Crippen LogP contribution in [-0.4, -0.2) is 15.1 Å². The predicted molar refractivity (Wildman–Crippen MR) is 42.5 cm³/mol. The molecule has 0 amide bonds. The summed E-state index contributed by atoms with van der Waals surface area (Å²) in [6.45, 7) is 0. The van der Waals surface area contributed by atoms with Gasteiger partial charge in [0.25, 0.3) is 0 Å². The first kappa shape index (κ1) is 10.5. The number of hydrogen-bond acceptors (Lipinski definition) is 4. The third-order valence-corrected chi connectivity index (χ3v) is 1.65. The van der Waals surface area contributed by atoms with Gasteiger partial charge in [0.05, 0.1) is 0 Å². The van der Waals surface area contributed by atoms with Gasteiger partial charge in [-0.1, -0.05) is 5.16 Å². The number of hydrogen-bond donors (Lipinski definition) is 0. The molecule has 2 aromatic rings. The highest BCUT2D eigenvalue weighted by Gasteiger charge is 2.38. The second-order valence-corrected chi connectivity index (χ2v) is 2.79. The highest BCUT2D eigenvalue weighted by atomic mass is 19.4. The second-order valence-electron chi connectivity index (χ2n) is 2.79. The van der Waals surface area contributed by atoms with E-state index in [0.717, 1.165) is 12.3 Å². The van der Waals surface area contributed by atoms with E-state index in [9.17, 15) is 17.6 Å². The Morgan fingerprint density at radius 1 is 1.19 bits per heavy atom. The lowest BCUT2D eigenvalue weighted by molar-refractivity contribution is -0.159. The van der Waals surface area contributed by atoms with Gasteiger partial charge in [-0.15, -0.1) is 0 Å². The van der Waals surface area contributed by atoms with Crippen molar-refractivity contribution in [2.24, 2.45) is 0 Å². The van der Waals surface area contributed by atoms with E-state index in [-0.39, 0.29) is 11.4 Å². The third-order valence-electron chi connectivity index (χ3n) is 1.65. The molecule has 0 saturated carbocycles. The Kier molecular flexibility index (Phi) is 2.33. The fraction of sp³-hybridized carbons (Fsp3) is 0.125. The topological polar surface area (TPSA) is 51.8 Å². The van der Waals surface area contributed by atoms with Crippen LogP contribution in [0.2, 0.25) is 0 Å². The van der Waals surface area contributed by atoms with Gasteiger partial charge in [0.15, 0.2) is 0 Å². The Labute approximate surface area is 85.9 Å². The van der Waals surface area contributed by atoms with Crippen molar-refractivity contribution in [3.8, 4) is 11.4 Å². The second kappa shape index (κ2) is 3.54. The summed E-state index contributed by atoms with van der Waals surface area (Å²) in [6.07, 6.45) is -3.68. The summed E-state index contributed by atoms with van der Waals surface area (Å²) in [6, 6.07) is 2.19. The molecule has 8 heteroatoms. The van der Waals surface area contributed by atoms with E-state index in [2.05, 4.69) is 19.6 Å². The summed E-state index contributed by atoms with van der Waals surface area (Å²) in [5, 5.41) is 3.11. The van der Waals surface area contributed by atoms with Crippen LogP contribution in [0.5, 0.6) is 0 Å². The molecule has 0 saturated heterocycles. The highest BCUT2D eigenvalue weighted by Crippen LogP contribution is 2.29. The quantitative estimate of drug-likeness (QED) is 0.560. The van der Waals surface area contributed by atoms with Crippen molar-refractivity contribution < 1.29 is 22.1 Å². The number of pyridine rings is 1. The van der Waals surface area contributed by atoms with Crippen LogP contribution >= 0.6 is 0 Å². The largest absolute Gasteiger partial charge is 0.471 e. The van der Waals surface area contributed by atoms with Gasteiger partial charge in [-0.2, -0.15) is 22.5 Å². The maximum atomic E-state index is 12.4. The maximum Gasteiger partial charge on any atom is 0.471 e. The molecule has 0 aliphatic rings. The number of halogens is 4. The lowest BCUT2D eigenvalue weighted by atomic mass is 10.3.